The molecule has 0 unspecified atom stereocenters. The van der Waals surface area contributed by atoms with Crippen LogP contribution in [0.5, 0.6) is 0 Å². The molecule has 0 rings (SSSR count). The second-order valence-electron chi connectivity index (χ2n) is 6.03. The summed E-state index contributed by atoms with van der Waals surface area (Å²) in [6, 6.07) is 0. The van der Waals surface area contributed by atoms with Crippen LogP contribution in [0, 0.1) is 0 Å². The quantitative estimate of drug-likeness (QED) is 0.687. The SMILES string of the molecule is COCC(C)(C)NCCCNC(=O)OC(C)(C)C. The molecule has 0 aromatic carbocycles. The van der Waals surface area contributed by atoms with E-state index < -0.39 is 5.60 Å². The van der Waals surface area contributed by atoms with E-state index in [1.165, 1.54) is 0 Å². The highest BCUT2D eigenvalue weighted by Gasteiger charge is 2.17. The highest BCUT2D eigenvalue weighted by Crippen LogP contribution is 2.06. The third kappa shape index (κ3) is 10.4. The van der Waals surface area contributed by atoms with E-state index in [1.807, 2.05) is 20.8 Å². The Hall–Kier alpha value is -0.810. The van der Waals surface area contributed by atoms with E-state index >= 15 is 0 Å². The molecule has 5 nitrogen and oxygen atoms in total. The van der Waals surface area contributed by atoms with Crippen LogP contribution < -0.4 is 10.6 Å². The van der Waals surface area contributed by atoms with E-state index in [-0.39, 0.29) is 11.6 Å². The Morgan fingerprint density at radius 3 is 2.22 bits per heavy atom. The van der Waals surface area contributed by atoms with E-state index in [9.17, 15) is 4.79 Å². The largest absolute Gasteiger partial charge is 0.444 e. The van der Waals surface area contributed by atoms with E-state index in [4.69, 9.17) is 9.47 Å². The summed E-state index contributed by atoms with van der Waals surface area (Å²) >= 11 is 0. The van der Waals surface area contributed by atoms with Gasteiger partial charge >= 0.3 is 6.09 Å². The summed E-state index contributed by atoms with van der Waals surface area (Å²) in [6.07, 6.45) is 0.491. The predicted molar refractivity (Wildman–Crippen MR) is 72.8 cm³/mol. The standard InChI is InChI=1S/C13H28N2O3/c1-12(2,3)18-11(16)14-8-7-9-15-13(4,5)10-17-6/h15H,7-10H2,1-6H3,(H,14,16). The molecule has 0 aliphatic carbocycles. The van der Waals surface area contributed by atoms with E-state index in [0.717, 1.165) is 13.0 Å². The number of carbonyl (C=O) groups is 1. The summed E-state index contributed by atoms with van der Waals surface area (Å²) < 4.78 is 10.2. The van der Waals surface area contributed by atoms with Crippen molar-refractivity contribution in [3.63, 3.8) is 0 Å². The molecule has 0 atom stereocenters. The van der Waals surface area contributed by atoms with Crippen molar-refractivity contribution in [1.82, 2.24) is 10.6 Å². The Kier molecular flexibility index (Phi) is 7.25. The number of methoxy groups -OCH3 is 1. The van der Waals surface area contributed by atoms with E-state index in [1.54, 1.807) is 7.11 Å². The maximum atomic E-state index is 11.3. The number of alkyl carbamates (subject to hydrolysis) is 1. The lowest BCUT2D eigenvalue weighted by Gasteiger charge is -2.25. The van der Waals surface area contributed by atoms with Gasteiger partial charge in [-0.3, -0.25) is 0 Å². The van der Waals surface area contributed by atoms with Crippen molar-refractivity contribution < 1.29 is 14.3 Å². The molecule has 0 heterocycles. The molecule has 18 heavy (non-hydrogen) atoms. The molecule has 0 aromatic rings. The van der Waals surface area contributed by atoms with Gasteiger partial charge in [0.2, 0.25) is 0 Å². The van der Waals surface area contributed by atoms with Gasteiger partial charge < -0.3 is 20.1 Å². The first-order valence-electron chi connectivity index (χ1n) is 6.37. The van der Waals surface area contributed by atoms with Crippen LogP contribution in [-0.4, -0.2) is 44.0 Å². The second kappa shape index (κ2) is 7.59. The molecule has 0 saturated carbocycles. The third-order valence-corrected chi connectivity index (χ3v) is 2.13. The minimum atomic E-state index is -0.442. The Bertz CT molecular complexity index is 247. The monoisotopic (exact) mass is 260 g/mol. The number of carbonyl (C=O) groups excluding carboxylic acids is 1. The molecule has 0 aromatic heterocycles. The first-order chi connectivity index (χ1) is 8.16. The average Bonchev–Trinajstić information content (AvgIpc) is 2.13. The molecule has 0 spiro atoms. The van der Waals surface area contributed by atoms with Gasteiger partial charge in [0.25, 0.3) is 0 Å². The summed E-state index contributed by atoms with van der Waals surface area (Å²) in [6.45, 7) is 11.8. The fraction of sp³-hybridized carbons (Fsp3) is 0.923. The summed E-state index contributed by atoms with van der Waals surface area (Å²) in [5, 5.41) is 6.09. The Morgan fingerprint density at radius 1 is 1.11 bits per heavy atom. The molecule has 0 aliphatic rings. The Morgan fingerprint density at radius 2 is 1.72 bits per heavy atom. The number of nitrogens with one attached hydrogen (secondary N) is 2. The minimum absolute atomic E-state index is 0.0410. The second-order valence-corrected chi connectivity index (χ2v) is 6.03. The lowest BCUT2D eigenvalue weighted by Crippen LogP contribution is -2.44. The minimum Gasteiger partial charge on any atom is -0.444 e. The smallest absolute Gasteiger partial charge is 0.407 e. The van der Waals surface area contributed by atoms with Gasteiger partial charge in [0, 0.05) is 19.2 Å². The van der Waals surface area contributed by atoms with Crippen molar-refractivity contribution in [3.05, 3.63) is 0 Å². The average molecular weight is 260 g/mol. The van der Waals surface area contributed by atoms with Gasteiger partial charge in [0.1, 0.15) is 5.60 Å². The van der Waals surface area contributed by atoms with Crippen LogP contribution in [0.1, 0.15) is 41.0 Å². The third-order valence-electron chi connectivity index (χ3n) is 2.13. The molecular weight excluding hydrogens is 232 g/mol. The molecular formula is C13H28N2O3. The summed E-state index contributed by atoms with van der Waals surface area (Å²) in [5.74, 6) is 0. The zero-order valence-corrected chi connectivity index (χ0v) is 12.6. The molecule has 108 valence electrons. The Balaban J connectivity index is 3.60. The zero-order valence-electron chi connectivity index (χ0n) is 12.6. The maximum Gasteiger partial charge on any atom is 0.407 e. The van der Waals surface area contributed by atoms with Crippen LogP contribution in [0.4, 0.5) is 4.79 Å². The fourth-order valence-electron chi connectivity index (χ4n) is 1.43. The van der Waals surface area contributed by atoms with Crippen LogP contribution in [0.3, 0.4) is 0 Å². The molecule has 0 aliphatic heterocycles. The molecule has 5 heteroatoms. The van der Waals surface area contributed by atoms with Gasteiger partial charge in [0.05, 0.1) is 6.61 Å². The maximum absolute atomic E-state index is 11.3. The van der Waals surface area contributed by atoms with Crippen LogP contribution in [0.15, 0.2) is 0 Å². The molecule has 2 N–H and O–H groups in total. The van der Waals surface area contributed by atoms with Crippen LogP contribution >= 0.6 is 0 Å². The van der Waals surface area contributed by atoms with E-state index in [2.05, 4.69) is 24.5 Å². The summed E-state index contributed by atoms with van der Waals surface area (Å²) in [7, 11) is 1.69. The van der Waals surface area contributed by atoms with E-state index in [0.29, 0.717) is 13.2 Å². The number of amides is 1. The van der Waals surface area contributed by atoms with Crippen molar-refractivity contribution in [3.8, 4) is 0 Å². The van der Waals surface area contributed by atoms with Crippen molar-refractivity contribution in [2.45, 2.75) is 52.2 Å². The molecule has 0 fully saturated rings. The number of ether oxygens (including phenoxy) is 2. The van der Waals surface area contributed by atoms with Gasteiger partial charge in [-0.2, -0.15) is 0 Å². The lowest BCUT2D eigenvalue weighted by atomic mass is 10.1. The van der Waals surface area contributed by atoms with Crippen molar-refractivity contribution in [2.24, 2.45) is 0 Å². The highest BCUT2D eigenvalue weighted by atomic mass is 16.6. The number of rotatable bonds is 7. The Labute approximate surface area is 111 Å². The van der Waals surface area contributed by atoms with Gasteiger partial charge in [-0.05, 0) is 47.6 Å². The molecule has 0 radical (unpaired) electrons. The van der Waals surface area contributed by atoms with Gasteiger partial charge in [-0.25, -0.2) is 4.79 Å². The zero-order chi connectivity index (χ0) is 14.2. The molecule has 0 bridgehead atoms. The highest BCUT2D eigenvalue weighted by molar-refractivity contribution is 5.67. The summed E-state index contributed by atoms with van der Waals surface area (Å²) in [4.78, 5) is 11.3. The lowest BCUT2D eigenvalue weighted by molar-refractivity contribution is 0.0527. The van der Waals surface area contributed by atoms with Crippen molar-refractivity contribution in [1.29, 1.82) is 0 Å². The molecule has 0 saturated heterocycles. The van der Waals surface area contributed by atoms with Crippen LogP contribution in [0.25, 0.3) is 0 Å². The van der Waals surface area contributed by atoms with Crippen molar-refractivity contribution >= 4 is 6.09 Å². The number of hydrogen-bond acceptors (Lipinski definition) is 4. The first kappa shape index (κ1) is 17.2. The normalized spacial score (nSPS) is 12.3. The van der Waals surface area contributed by atoms with Crippen LogP contribution in [-0.2, 0) is 9.47 Å². The fourth-order valence-corrected chi connectivity index (χ4v) is 1.43. The predicted octanol–water partition coefficient (Wildman–Crippen LogP) is 1.92. The first-order valence-corrected chi connectivity index (χ1v) is 6.37. The molecule has 1 amide bonds. The van der Waals surface area contributed by atoms with Gasteiger partial charge in [-0.1, -0.05) is 0 Å². The van der Waals surface area contributed by atoms with Gasteiger partial charge in [0.15, 0.2) is 0 Å². The topological polar surface area (TPSA) is 59.6 Å². The number of hydrogen-bond donors (Lipinski definition) is 2. The van der Waals surface area contributed by atoms with Gasteiger partial charge in [-0.15, -0.1) is 0 Å². The van der Waals surface area contributed by atoms with Crippen LogP contribution in [0.2, 0.25) is 0 Å². The van der Waals surface area contributed by atoms with Crippen molar-refractivity contribution in [2.75, 3.05) is 26.8 Å². The summed E-state index contributed by atoms with van der Waals surface area (Å²) in [5.41, 5.74) is -0.483.